The van der Waals surface area contributed by atoms with E-state index in [2.05, 4.69) is 20.9 Å². The first-order valence-corrected chi connectivity index (χ1v) is 12.4. The van der Waals surface area contributed by atoms with Crippen LogP contribution in [0.1, 0.15) is 44.6 Å². The Morgan fingerprint density at radius 1 is 0.921 bits per heavy atom. The average Bonchev–Trinajstić information content (AvgIpc) is 3.28. The molecule has 1 aromatic carbocycles. The van der Waals surface area contributed by atoms with Crippen molar-refractivity contribution in [3.05, 3.63) is 36.0 Å². The predicted molar refractivity (Wildman–Crippen MR) is 139 cm³/mol. The molecule has 0 aliphatic heterocycles. The van der Waals surface area contributed by atoms with Gasteiger partial charge in [0.1, 0.15) is 18.1 Å². The van der Waals surface area contributed by atoms with Gasteiger partial charge in [-0.25, -0.2) is 4.79 Å². The van der Waals surface area contributed by atoms with Gasteiger partial charge in [-0.3, -0.25) is 19.2 Å². The van der Waals surface area contributed by atoms with E-state index in [-0.39, 0.29) is 25.7 Å². The highest BCUT2D eigenvalue weighted by Crippen LogP contribution is 2.19. The summed E-state index contributed by atoms with van der Waals surface area (Å²) in [7, 11) is 0. The number of carboxylic acid groups (broad SMARTS) is 2. The summed E-state index contributed by atoms with van der Waals surface area (Å²) < 4.78 is 0. The van der Waals surface area contributed by atoms with Gasteiger partial charge in [-0.05, 0) is 50.8 Å². The predicted octanol–water partition coefficient (Wildman–Crippen LogP) is -0.410. The number of fused-ring (bicyclic) bond motifs is 1. The summed E-state index contributed by atoms with van der Waals surface area (Å²) in [5.41, 5.74) is 12.8. The fraction of sp³-hybridized carbons (Fsp3) is 0.480. The second-order valence-electron chi connectivity index (χ2n) is 9.08. The molecule has 208 valence electrons. The largest absolute Gasteiger partial charge is 0.481 e. The molecule has 0 spiro atoms. The van der Waals surface area contributed by atoms with Crippen LogP contribution in [0.4, 0.5) is 0 Å². The molecular formula is C25H36N6O7. The topological polar surface area (TPSA) is 230 Å². The van der Waals surface area contributed by atoms with Crippen molar-refractivity contribution in [1.82, 2.24) is 20.9 Å². The van der Waals surface area contributed by atoms with E-state index in [0.29, 0.717) is 19.4 Å². The van der Waals surface area contributed by atoms with E-state index in [9.17, 15) is 29.1 Å². The number of rotatable bonds is 16. The molecule has 1 heterocycles. The maximum Gasteiger partial charge on any atom is 0.326 e. The van der Waals surface area contributed by atoms with Gasteiger partial charge < -0.3 is 42.6 Å². The summed E-state index contributed by atoms with van der Waals surface area (Å²) in [5.74, 6) is -4.41. The summed E-state index contributed by atoms with van der Waals surface area (Å²) in [5, 5.41) is 26.6. The minimum absolute atomic E-state index is 0.0540. The van der Waals surface area contributed by atoms with Crippen molar-refractivity contribution in [1.29, 1.82) is 0 Å². The second kappa shape index (κ2) is 14.7. The molecule has 2 aromatic rings. The molecule has 0 aliphatic rings. The number of benzene rings is 1. The highest BCUT2D eigenvalue weighted by atomic mass is 16.4. The summed E-state index contributed by atoms with van der Waals surface area (Å²) in [6, 6.07) is 2.83. The van der Waals surface area contributed by atoms with Crippen LogP contribution < -0.4 is 27.4 Å². The van der Waals surface area contributed by atoms with Crippen molar-refractivity contribution in [3.8, 4) is 0 Å². The Morgan fingerprint density at radius 3 is 2.26 bits per heavy atom. The molecule has 0 saturated carbocycles. The molecule has 0 bridgehead atoms. The van der Waals surface area contributed by atoms with E-state index >= 15 is 0 Å². The Bertz CT molecular complexity index is 1130. The van der Waals surface area contributed by atoms with Gasteiger partial charge in [-0.15, -0.1) is 0 Å². The molecule has 0 saturated heterocycles. The number of carbonyl (C=O) groups is 5. The number of aromatic amines is 1. The van der Waals surface area contributed by atoms with Crippen molar-refractivity contribution >= 4 is 40.6 Å². The number of hydrogen-bond donors (Lipinski definition) is 8. The van der Waals surface area contributed by atoms with Crippen LogP contribution in [-0.4, -0.2) is 75.6 Å². The van der Waals surface area contributed by atoms with E-state index in [1.165, 1.54) is 6.92 Å². The third-order valence-corrected chi connectivity index (χ3v) is 6.05. The summed E-state index contributed by atoms with van der Waals surface area (Å²) in [4.78, 5) is 63.9. The third kappa shape index (κ3) is 9.16. The molecule has 3 amide bonds. The Morgan fingerprint density at radius 2 is 1.61 bits per heavy atom. The minimum Gasteiger partial charge on any atom is -0.481 e. The lowest BCUT2D eigenvalue weighted by Crippen LogP contribution is -2.56. The van der Waals surface area contributed by atoms with Crippen LogP contribution in [0, 0.1) is 0 Å². The molecule has 13 nitrogen and oxygen atoms in total. The standard InChI is InChI=1S/C25H36N6O7/c1-14(22(34)30-19(25(37)38)8-4-5-11-26)29-24(36)20(31-23(35)17(27)9-10-21(32)33)12-15-13-28-18-7-3-2-6-16(15)18/h2-3,6-7,13-14,17,19-20,28H,4-5,8-12,26-27H2,1H3,(H,29,36)(H,30,34)(H,31,35)(H,32,33)(H,37,38). The Kier molecular flexibility index (Phi) is 11.7. The van der Waals surface area contributed by atoms with Crippen molar-refractivity contribution in [2.75, 3.05) is 6.54 Å². The first kappa shape index (κ1) is 30.3. The van der Waals surface area contributed by atoms with E-state index in [1.807, 2.05) is 24.3 Å². The summed E-state index contributed by atoms with van der Waals surface area (Å²) >= 11 is 0. The fourth-order valence-corrected chi connectivity index (χ4v) is 3.84. The Labute approximate surface area is 219 Å². The van der Waals surface area contributed by atoms with Gasteiger partial charge >= 0.3 is 11.9 Å². The van der Waals surface area contributed by atoms with Crippen molar-refractivity contribution < 1.29 is 34.2 Å². The van der Waals surface area contributed by atoms with Crippen molar-refractivity contribution in [3.63, 3.8) is 0 Å². The lowest BCUT2D eigenvalue weighted by atomic mass is 10.0. The van der Waals surface area contributed by atoms with E-state index < -0.39 is 53.8 Å². The van der Waals surface area contributed by atoms with Crippen molar-refractivity contribution in [2.45, 2.75) is 69.6 Å². The maximum atomic E-state index is 13.2. The number of para-hydroxylation sites is 1. The highest BCUT2D eigenvalue weighted by molar-refractivity contribution is 5.94. The van der Waals surface area contributed by atoms with Gasteiger partial charge in [-0.1, -0.05) is 18.2 Å². The first-order valence-electron chi connectivity index (χ1n) is 12.4. The van der Waals surface area contributed by atoms with Crippen molar-refractivity contribution in [2.24, 2.45) is 11.5 Å². The summed E-state index contributed by atoms with van der Waals surface area (Å²) in [6.07, 6.45) is 2.62. The molecular weight excluding hydrogens is 496 g/mol. The van der Waals surface area contributed by atoms with Crippen LogP contribution in [0.2, 0.25) is 0 Å². The molecule has 0 fully saturated rings. The summed E-state index contributed by atoms with van der Waals surface area (Å²) in [6.45, 7) is 1.80. The van der Waals surface area contributed by atoms with Gasteiger partial charge in [0.05, 0.1) is 6.04 Å². The smallest absolute Gasteiger partial charge is 0.326 e. The number of carboxylic acids is 2. The SMILES string of the molecule is CC(NC(=O)C(Cc1c[nH]c2ccccc12)NC(=O)C(N)CCC(=O)O)C(=O)NC(CCCCN)C(=O)O. The van der Waals surface area contributed by atoms with E-state index in [1.54, 1.807) is 6.20 Å². The molecule has 13 heteroatoms. The number of nitrogens with one attached hydrogen (secondary N) is 4. The van der Waals surface area contributed by atoms with Crippen LogP contribution in [0.25, 0.3) is 10.9 Å². The molecule has 1 aromatic heterocycles. The minimum atomic E-state index is -1.20. The van der Waals surface area contributed by atoms with Gasteiger partial charge in [0.25, 0.3) is 0 Å². The number of H-pyrrole nitrogens is 1. The molecule has 0 aliphatic carbocycles. The number of carbonyl (C=O) groups excluding carboxylic acids is 3. The maximum absolute atomic E-state index is 13.2. The monoisotopic (exact) mass is 532 g/mol. The normalized spacial score (nSPS) is 14.2. The van der Waals surface area contributed by atoms with Gasteiger partial charge in [0.2, 0.25) is 17.7 Å². The van der Waals surface area contributed by atoms with Crippen LogP contribution in [0.5, 0.6) is 0 Å². The van der Waals surface area contributed by atoms with E-state index in [4.69, 9.17) is 16.6 Å². The average molecular weight is 533 g/mol. The zero-order valence-corrected chi connectivity index (χ0v) is 21.2. The molecule has 4 unspecified atom stereocenters. The quantitative estimate of drug-likeness (QED) is 0.131. The third-order valence-electron chi connectivity index (χ3n) is 6.05. The van der Waals surface area contributed by atoms with E-state index in [0.717, 1.165) is 16.5 Å². The number of aliphatic carboxylic acids is 2. The number of aromatic nitrogens is 1. The Hall–Kier alpha value is -3.97. The van der Waals surface area contributed by atoms with Gasteiger partial charge in [0.15, 0.2) is 0 Å². The zero-order chi connectivity index (χ0) is 28.2. The molecule has 2 rings (SSSR count). The zero-order valence-electron chi connectivity index (χ0n) is 21.2. The van der Waals surface area contributed by atoms with Crippen LogP contribution in [0.15, 0.2) is 30.5 Å². The lowest BCUT2D eigenvalue weighted by molar-refractivity contribution is -0.142. The Balaban J connectivity index is 2.14. The van der Waals surface area contributed by atoms with Crippen LogP contribution >= 0.6 is 0 Å². The van der Waals surface area contributed by atoms with Gasteiger partial charge in [0, 0.05) is 29.9 Å². The van der Waals surface area contributed by atoms with Crippen LogP contribution in [0.3, 0.4) is 0 Å². The lowest BCUT2D eigenvalue weighted by Gasteiger charge is -2.23. The molecule has 10 N–H and O–H groups in total. The van der Waals surface area contributed by atoms with Crippen LogP contribution in [-0.2, 0) is 30.4 Å². The second-order valence-corrected chi connectivity index (χ2v) is 9.08. The number of nitrogens with two attached hydrogens (primary N) is 2. The first-order chi connectivity index (χ1) is 18.0. The molecule has 38 heavy (non-hydrogen) atoms. The fourth-order valence-electron chi connectivity index (χ4n) is 3.84. The molecule has 4 atom stereocenters. The number of unbranched alkanes of at least 4 members (excludes halogenated alkanes) is 1. The highest BCUT2D eigenvalue weighted by Gasteiger charge is 2.29. The number of amides is 3. The van der Waals surface area contributed by atoms with Gasteiger partial charge in [-0.2, -0.15) is 0 Å². The number of hydrogen-bond acceptors (Lipinski definition) is 7. The molecule has 0 radical (unpaired) electrons.